The molecule has 1 aliphatic rings. The summed E-state index contributed by atoms with van der Waals surface area (Å²) in [5.41, 5.74) is 8.32. The predicted molar refractivity (Wildman–Crippen MR) is 125 cm³/mol. The lowest BCUT2D eigenvalue weighted by Gasteiger charge is -2.36. The number of para-hydroxylation sites is 1. The van der Waals surface area contributed by atoms with Crippen molar-refractivity contribution in [2.45, 2.75) is 0 Å². The smallest absolute Gasteiger partial charge is 0.253 e. The number of piperazine rings is 1. The zero-order valence-corrected chi connectivity index (χ0v) is 18.4. The second kappa shape index (κ2) is 12.7. The van der Waals surface area contributed by atoms with Gasteiger partial charge in [0.05, 0.1) is 0 Å². The first kappa shape index (κ1) is 26.3. The minimum Gasteiger partial charge on any atom is -0.399 e. The molecule has 0 unspecified atom stereocenters. The number of benzene rings is 2. The van der Waals surface area contributed by atoms with E-state index in [4.69, 9.17) is 5.73 Å². The minimum absolute atomic E-state index is 0. The third-order valence-corrected chi connectivity index (χ3v) is 4.73. The molecule has 156 valence electrons. The van der Waals surface area contributed by atoms with Crippen molar-refractivity contribution in [3.05, 3.63) is 60.2 Å². The molecule has 28 heavy (non-hydrogen) atoms. The highest BCUT2D eigenvalue weighted by Crippen LogP contribution is 2.15. The van der Waals surface area contributed by atoms with Crippen molar-refractivity contribution in [2.75, 3.05) is 56.9 Å². The Bertz CT molecular complexity index is 710. The fraction of sp³-hybridized carbons (Fsp3) is 0.350. The van der Waals surface area contributed by atoms with Crippen LogP contribution in [0.15, 0.2) is 54.6 Å². The van der Waals surface area contributed by atoms with Crippen LogP contribution in [0.1, 0.15) is 10.4 Å². The Labute approximate surface area is 186 Å². The summed E-state index contributed by atoms with van der Waals surface area (Å²) in [4.78, 5) is 19.1. The fourth-order valence-electron chi connectivity index (χ4n) is 3.15. The molecule has 0 radical (unpaired) electrons. The van der Waals surface area contributed by atoms with E-state index in [0.717, 1.165) is 39.3 Å². The van der Waals surface area contributed by atoms with Crippen molar-refractivity contribution in [3.63, 3.8) is 0 Å². The lowest BCUT2D eigenvalue weighted by molar-refractivity contribution is 0.0776. The Morgan fingerprint density at radius 3 is 2.21 bits per heavy atom. The van der Waals surface area contributed by atoms with Gasteiger partial charge in [-0.25, -0.2) is 0 Å². The molecule has 0 aliphatic carbocycles. The average Bonchev–Trinajstić information content (AvgIpc) is 2.66. The molecule has 1 heterocycles. The first-order valence-corrected chi connectivity index (χ1v) is 8.77. The third-order valence-electron chi connectivity index (χ3n) is 4.73. The molecule has 3 rings (SSSR count). The van der Waals surface area contributed by atoms with E-state index >= 15 is 0 Å². The number of hydrogen-bond acceptors (Lipinski definition) is 4. The maximum Gasteiger partial charge on any atom is 0.253 e. The number of amides is 1. The van der Waals surface area contributed by atoms with Gasteiger partial charge < -0.3 is 15.5 Å². The van der Waals surface area contributed by atoms with Crippen molar-refractivity contribution in [1.82, 2.24) is 9.80 Å². The van der Waals surface area contributed by atoms with Crippen LogP contribution in [0, 0.1) is 0 Å². The van der Waals surface area contributed by atoms with E-state index in [-0.39, 0.29) is 43.1 Å². The van der Waals surface area contributed by atoms with Gasteiger partial charge in [-0.2, -0.15) is 0 Å². The van der Waals surface area contributed by atoms with Crippen molar-refractivity contribution in [3.8, 4) is 0 Å². The van der Waals surface area contributed by atoms with Crippen LogP contribution >= 0.6 is 37.2 Å². The van der Waals surface area contributed by atoms with Gasteiger partial charge in [0.15, 0.2) is 0 Å². The molecule has 5 nitrogen and oxygen atoms in total. The number of halogens is 3. The van der Waals surface area contributed by atoms with E-state index in [2.05, 4.69) is 34.1 Å². The first-order chi connectivity index (χ1) is 12.1. The molecular formula is C20H29Cl3N4O. The molecule has 2 N–H and O–H groups in total. The number of nitrogen functional groups attached to an aromatic ring is 1. The lowest BCUT2D eigenvalue weighted by Crippen LogP contribution is -2.48. The van der Waals surface area contributed by atoms with Crippen LogP contribution < -0.4 is 10.6 Å². The summed E-state index contributed by atoms with van der Waals surface area (Å²) in [6.45, 7) is 5.71. The quantitative estimate of drug-likeness (QED) is 0.714. The van der Waals surface area contributed by atoms with E-state index in [1.54, 1.807) is 17.0 Å². The topological polar surface area (TPSA) is 52.8 Å². The molecule has 2 aromatic rings. The summed E-state index contributed by atoms with van der Waals surface area (Å²) in [5, 5.41) is 0. The largest absolute Gasteiger partial charge is 0.399 e. The summed E-state index contributed by atoms with van der Waals surface area (Å²) in [6, 6.07) is 17.7. The highest BCUT2D eigenvalue weighted by molar-refractivity contribution is 5.94. The molecule has 1 amide bonds. The molecule has 2 aromatic carbocycles. The summed E-state index contributed by atoms with van der Waals surface area (Å²) in [6.07, 6.45) is 0. The zero-order valence-electron chi connectivity index (χ0n) is 16.0. The van der Waals surface area contributed by atoms with E-state index < -0.39 is 0 Å². The number of likely N-dealkylation sites (N-methyl/N-ethyl adjacent to an activating group) is 1. The second-order valence-corrected chi connectivity index (χ2v) is 6.52. The molecule has 1 aliphatic heterocycles. The molecule has 0 atom stereocenters. The molecule has 8 heteroatoms. The first-order valence-electron chi connectivity index (χ1n) is 8.77. The fourth-order valence-corrected chi connectivity index (χ4v) is 3.15. The van der Waals surface area contributed by atoms with Crippen molar-refractivity contribution >= 4 is 54.5 Å². The van der Waals surface area contributed by atoms with Gasteiger partial charge >= 0.3 is 0 Å². The summed E-state index contributed by atoms with van der Waals surface area (Å²) in [5.74, 6) is 0.0234. The number of hydrogen-bond donors (Lipinski definition) is 1. The molecule has 1 fully saturated rings. The number of carbonyl (C=O) groups is 1. The molecular weight excluding hydrogens is 419 g/mol. The van der Waals surface area contributed by atoms with Crippen LogP contribution in [0.4, 0.5) is 11.4 Å². The second-order valence-electron chi connectivity index (χ2n) is 6.52. The van der Waals surface area contributed by atoms with Gasteiger partial charge in [-0.1, -0.05) is 24.3 Å². The zero-order chi connectivity index (χ0) is 17.6. The normalized spacial score (nSPS) is 13.5. The van der Waals surface area contributed by atoms with E-state index in [9.17, 15) is 4.79 Å². The predicted octanol–water partition coefficient (Wildman–Crippen LogP) is 3.43. The van der Waals surface area contributed by atoms with Gasteiger partial charge in [-0.05, 0) is 30.3 Å². The van der Waals surface area contributed by atoms with Crippen LogP contribution in [-0.4, -0.2) is 62.0 Å². The number of nitrogens with two attached hydrogens (primary N) is 1. The Kier molecular flexibility index (Phi) is 12.0. The number of anilines is 2. The van der Waals surface area contributed by atoms with Gasteiger partial charge in [-0.3, -0.25) is 9.69 Å². The van der Waals surface area contributed by atoms with Crippen LogP contribution in [0.25, 0.3) is 0 Å². The highest BCUT2D eigenvalue weighted by Gasteiger charge is 2.18. The highest BCUT2D eigenvalue weighted by atomic mass is 35.5. The Hall–Kier alpha value is -1.66. The summed E-state index contributed by atoms with van der Waals surface area (Å²) >= 11 is 0. The maximum atomic E-state index is 12.5. The Balaban J connectivity index is 0.00000243. The van der Waals surface area contributed by atoms with E-state index in [1.165, 1.54) is 5.69 Å². The molecule has 0 spiro atoms. The number of rotatable bonds is 5. The molecule has 0 saturated carbocycles. The van der Waals surface area contributed by atoms with Crippen molar-refractivity contribution < 1.29 is 4.79 Å². The van der Waals surface area contributed by atoms with Crippen molar-refractivity contribution in [1.29, 1.82) is 0 Å². The minimum atomic E-state index is 0. The van der Waals surface area contributed by atoms with E-state index in [1.807, 2.05) is 25.2 Å². The third kappa shape index (κ3) is 7.06. The maximum absolute atomic E-state index is 12.5. The standard InChI is InChI=1S/C20H26N4O.3ClH/c1-22(20(25)17-6-5-7-18(21)16-17)10-11-23-12-14-24(15-13-23)19-8-3-2-4-9-19;;;/h2-9,16H,10-15,21H2,1H3;3*1H. The monoisotopic (exact) mass is 446 g/mol. The Morgan fingerprint density at radius 1 is 0.964 bits per heavy atom. The van der Waals surface area contributed by atoms with Crippen LogP contribution in [-0.2, 0) is 0 Å². The summed E-state index contributed by atoms with van der Waals surface area (Å²) in [7, 11) is 1.85. The van der Waals surface area contributed by atoms with Gasteiger partial charge in [0.25, 0.3) is 5.91 Å². The van der Waals surface area contributed by atoms with Crippen molar-refractivity contribution in [2.24, 2.45) is 0 Å². The van der Waals surface area contributed by atoms with Gasteiger partial charge in [0.1, 0.15) is 0 Å². The lowest BCUT2D eigenvalue weighted by atomic mass is 10.2. The molecule has 1 saturated heterocycles. The Morgan fingerprint density at radius 2 is 1.61 bits per heavy atom. The van der Waals surface area contributed by atoms with Crippen LogP contribution in [0.2, 0.25) is 0 Å². The number of nitrogens with zero attached hydrogens (tertiary/aromatic N) is 3. The molecule has 0 bridgehead atoms. The van der Waals surface area contributed by atoms with Gasteiger partial charge in [0, 0.05) is 63.3 Å². The molecule has 0 aromatic heterocycles. The van der Waals surface area contributed by atoms with Crippen LogP contribution in [0.5, 0.6) is 0 Å². The van der Waals surface area contributed by atoms with Gasteiger partial charge in [-0.15, -0.1) is 37.2 Å². The summed E-state index contributed by atoms with van der Waals surface area (Å²) < 4.78 is 0. The van der Waals surface area contributed by atoms with Crippen LogP contribution in [0.3, 0.4) is 0 Å². The number of carbonyl (C=O) groups excluding carboxylic acids is 1. The van der Waals surface area contributed by atoms with Gasteiger partial charge in [0.2, 0.25) is 0 Å². The average molecular weight is 448 g/mol. The SMILES string of the molecule is CN(CCN1CCN(c2ccccc2)CC1)C(=O)c1cccc(N)c1.Cl.Cl.Cl. The van der Waals surface area contributed by atoms with E-state index in [0.29, 0.717) is 11.3 Å².